The molecule has 1 saturated carbocycles. The molecular weight excluding hydrogens is 367 g/mol. The van der Waals surface area contributed by atoms with Gasteiger partial charge in [-0.25, -0.2) is 4.39 Å². The van der Waals surface area contributed by atoms with Crippen LogP contribution in [0.1, 0.15) is 48.9 Å². The van der Waals surface area contributed by atoms with E-state index in [1.54, 1.807) is 18.2 Å². The topological polar surface area (TPSA) is 58.2 Å². The highest BCUT2D eigenvalue weighted by atomic mass is 35.5. The molecule has 0 aliphatic heterocycles. The van der Waals surface area contributed by atoms with Gasteiger partial charge in [0.2, 0.25) is 5.91 Å². The molecule has 0 heterocycles. The minimum absolute atomic E-state index is 0.0973. The normalized spacial score (nSPS) is 14.1. The van der Waals surface area contributed by atoms with E-state index in [0.29, 0.717) is 34.3 Å². The van der Waals surface area contributed by atoms with Gasteiger partial charge in [0.05, 0.1) is 10.7 Å². The fourth-order valence-electron chi connectivity index (χ4n) is 3.35. The molecule has 1 aliphatic carbocycles. The van der Waals surface area contributed by atoms with Gasteiger partial charge in [-0.1, -0.05) is 37.3 Å². The maximum absolute atomic E-state index is 13.0. The third-order valence-corrected chi connectivity index (χ3v) is 5.19. The summed E-state index contributed by atoms with van der Waals surface area (Å²) in [6, 6.07) is 10.2. The maximum atomic E-state index is 13.0. The first-order chi connectivity index (χ1) is 13.0. The lowest BCUT2D eigenvalue weighted by Crippen LogP contribution is -2.15. The number of nitrogens with one attached hydrogen (secondary N) is 2. The minimum Gasteiger partial charge on any atom is -0.325 e. The molecule has 1 aliphatic rings. The van der Waals surface area contributed by atoms with Crippen molar-refractivity contribution in [3.05, 3.63) is 58.9 Å². The molecule has 0 aromatic heterocycles. The molecule has 0 spiro atoms. The van der Waals surface area contributed by atoms with Crippen LogP contribution in [0, 0.1) is 11.7 Å². The molecule has 0 unspecified atom stereocenters. The largest absolute Gasteiger partial charge is 0.325 e. The van der Waals surface area contributed by atoms with Crippen LogP contribution >= 0.6 is 11.6 Å². The maximum Gasteiger partial charge on any atom is 0.255 e. The lowest BCUT2D eigenvalue weighted by molar-refractivity contribution is -0.116. The van der Waals surface area contributed by atoms with E-state index < -0.39 is 0 Å². The summed E-state index contributed by atoms with van der Waals surface area (Å²) in [6.45, 7) is 0. The second kappa shape index (κ2) is 9.00. The van der Waals surface area contributed by atoms with Crippen molar-refractivity contribution in [3.63, 3.8) is 0 Å². The molecule has 2 aromatic rings. The van der Waals surface area contributed by atoms with Crippen LogP contribution in [0.5, 0.6) is 0 Å². The van der Waals surface area contributed by atoms with E-state index in [4.69, 9.17) is 11.6 Å². The van der Waals surface area contributed by atoms with Gasteiger partial charge in [-0.05, 0) is 54.8 Å². The van der Waals surface area contributed by atoms with E-state index in [1.807, 2.05) is 0 Å². The van der Waals surface area contributed by atoms with Crippen molar-refractivity contribution in [3.8, 4) is 0 Å². The lowest BCUT2D eigenvalue weighted by atomic mass is 10.0. The number of anilines is 2. The highest BCUT2D eigenvalue weighted by Gasteiger charge is 2.17. The Morgan fingerprint density at radius 2 is 1.74 bits per heavy atom. The second-order valence-corrected chi connectivity index (χ2v) is 7.30. The number of hydrogen-bond acceptors (Lipinski definition) is 2. The molecule has 2 aromatic carbocycles. The van der Waals surface area contributed by atoms with Gasteiger partial charge < -0.3 is 10.6 Å². The first-order valence-corrected chi connectivity index (χ1v) is 9.55. The predicted molar refractivity (Wildman–Crippen MR) is 106 cm³/mol. The van der Waals surface area contributed by atoms with Crippen LogP contribution in [-0.2, 0) is 4.79 Å². The summed E-state index contributed by atoms with van der Waals surface area (Å²) < 4.78 is 13.0. The van der Waals surface area contributed by atoms with Crippen LogP contribution in [-0.4, -0.2) is 11.8 Å². The Kier molecular flexibility index (Phi) is 6.45. The third kappa shape index (κ3) is 5.54. The summed E-state index contributed by atoms with van der Waals surface area (Å²) in [6.07, 6.45) is 6.24. The van der Waals surface area contributed by atoms with Gasteiger partial charge in [-0.2, -0.15) is 0 Å². The van der Waals surface area contributed by atoms with Gasteiger partial charge >= 0.3 is 0 Å². The van der Waals surface area contributed by atoms with E-state index in [1.165, 1.54) is 49.9 Å². The molecule has 2 N–H and O–H groups in total. The Bertz CT molecular complexity index is 817. The summed E-state index contributed by atoms with van der Waals surface area (Å²) in [5.74, 6) is -0.194. The molecule has 142 valence electrons. The quantitative estimate of drug-likeness (QED) is 0.672. The average molecular weight is 389 g/mol. The van der Waals surface area contributed by atoms with E-state index in [-0.39, 0.29) is 17.6 Å². The van der Waals surface area contributed by atoms with Crippen LogP contribution in [0.2, 0.25) is 5.02 Å². The van der Waals surface area contributed by atoms with Gasteiger partial charge in [0.1, 0.15) is 5.82 Å². The highest BCUT2D eigenvalue weighted by molar-refractivity contribution is 6.34. The van der Waals surface area contributed by atoms with Crippen molar-refractivity contribution < 1.29 is 14.0 Å². The molecule has 2 amide bonds. The van der Waals surface area contributed by atoms with E-state index >= 15 is 0 Å². The number of carbonyl (C=O) groups excluding carboxylic acids is 2. The van der Waals surface area contributed by atoms with Crippen LogP contribution in [0.25, 0.3) is 0 Å². The number of rotatable bonds is 6. The first kappa shape index (κ1) is 19.4. The standard InChI is InChI=1S/C21H22ClFN2O2/c22-18-11-6-15(21(27)24-17-9-7-16(23)8-10-17)13-19(18)25-20(26)12-5-14-3-1-2-4-14/h6-11,13-14H,1-5,12H2,(H,24,27)(H,25,26). The Labute approximate surface area is 163 Å². The van der Waals surface area contributed by atoms with E-state index in [9.17, 15) is 14.0 Å². The molecule has 3 rings (SSSR count). The van der Waals surface area contributed by atoms with Gasteiger partial charge in [-0.15, -0.1) is 0 Å². The molecular formula is C21H22ClFN2O2. The Balaban J connectivity index is 1.61. The Morgan fingerprint density at radius 1 is 1.04 bits per heavy atom. The first-order valence-electron chi connectivity index (χ1n) is 9.17. The van der Waals surface area contributed by atoms with Gasteiger partial charge in [0.25, 0.3) is 5.91 Å². The van der Waals surface area contributed by atoms with Crippen LogP contribution < -0.4 is 10.6 Å². The Morgan fingerprint density at radius 3 is 2.44 bits per heavy atom. The van der Waals surface area contributed by atoms with Crippen molar-refractivity contribution in [2.24, 2.45) is 5.92 Å². The molecule has 27 heavy (non-hydrogen) atoms. The molecule has 1 fully saturated rings. The average Bonchev–Trinajstić information content (AvgIpc) is 3.17. The Hall–Kier alpha value is -2.40. The van der Waals surface area contributed by atoms with Gasteiger partial charge in [0, 0.05) is 17.7 Å². The smallest absolute Gasteiger partial charge is 0.255 e. The molecule has 0 saturated heterocycles. The summed E-state index contributed by atoms with van der Waals surface area (Å²) in [4.78, 5) is 24.6. The fraction of sp³-hybridized carbons (Fsp3) is 0.333. The second-order valence-electron chi connectivity index (χ2n) is 6.89. The number of amides is 2. The molecule has 4 nitrogen and oxygen atoms in total. The van der Waals surface area contributed by atoms with Gasteiger partial charge in [0.15, 0.2) is 0 Å². The van der Waals surface area contributed by atoms with Crippen molar-refractivity contribution in [1.82, 2.24) is 0 Å². The van der Waals surface area contributed by atoms with Crippen LogP contribution in [0.15, 0.2) is 42.5 Å². The number of benzene rings is 2. The zero-order valence-electron chi connectivity index (χ0n) is 14.9. The van der Waals surface area contributed by atoms with Crippen molar-refractivity contribution >= 4 is 34.8 Å². The van der Waals surface area contributed by atoms with E-state index in [0.717, 1.165) is 6.42 Å². The zero-order valence-corrected chi connectivity index (χ0v) is 15.7. The summed E-state index contributed by atoms with van der Waals surface area (Å²) in [5, 5.41) is 5.86. The minimum atomic E-state index is -0.373. The van der Waals surface area contributed by atoms with Crippen molar-refractivity contribution in [2.75, 3.05) is 10.6 Å². The van der Waals surface area contributed by atoms with E-state index in [2.05, 4.69) is 10.6 Å². The van der Waals surface area contributed by atoms with Crippen LogP contribution in [0.3, 0.4) is 0 Å². The SMILES string of the molecule is O=C(CCC1CCCC1)Nc1cc(C(=O)Nc2ccc(F)cc2)ccc1Cl. The summed E-state index contributed by atoms with van der Waals surface area (Å²) in [7, 11) is 0. The van der Waals surface area contributed by atoms with Crippen molar-refractivity contribution in [2.45, 2.75) is 38.5 Å². The molecule has 0 bridgehead atoms. The van der Waals surface area contributed by atoms with Crippen LogP contribution in [0.4, 0.5) is 15.8 Å². The van der Waals surface area contributed by atoms with Crippen molar-refractivity contribution in [1.29, 1.82) is 0 Å². The predicted octanol–water partition coefficient (Wildman–Crippen LogP) is 5.64. The summed E-state index contributed by atoms with van der Waals surface area (Å²) in [5.41, 5.74) is 1.26. The summed E-state index contributed by atoms with van der Waals surface area (Å²) >= 11 is 6.16. The number of halogens is 2. The zero-order chi connectivity index (χ0) is 19.2. The number of carbonyl (C=O) groups is 2. The lowest BCUT2D eigenvalue weighted by Gasteiger charge is -2.12. The third-order valence-electron chi connectivity index (χ3n) is 4.86. The van der Waals surface area contributed by atoms with Gasteiger partial charge in [-0.3, -0.25) is 9.59 Å². The fourth-order valence-corrected chi connectivity index (χ4v) is 3.51. The molecule has 0 atom stereocenters. The highest BCUT2D eigenvalue weighted by Crippen LogP contribution is 2.29. The monoisotopic (exact) mass is 388 g/mol. The molecule has 6 heteroatoms. The number of hydrogen-bond donors (Lipinski definition) is 2. The molecule has 0 radical (unpaired) electrons.